The van der Waals surface area contributed by atoms with E-state index in [1.807, 2.05) is 26.8 Å². The Morgan fingerprint density at radius 3 is 1.92 bits per heavy atom. The Bertz CT molecular complexity index is 1830. The summed E-state index contributed by atoms with van der Waals surface area (Å²) in [6, 6.07) is 0. The average molecular weight is 865 g/mol. The zero-order valence-corrected chi connectivity index (χ0v) is 36.2. The summed E-state index contributed by atoms with van der Waals surface area (Å²) in [7, 11) is 0. The van der Waals surface area contributed by atoms with Crippen molar-refractivity contribution < 1.29 is 83.4 Å². The Morgan fingerprint density at radius 1 is 0.721 bits per heavy atom. The molecular weight excluding hydrogens is 800 g/mol. The van der Waals surface area contributed by atoms with E-state index in [1.165, 1.54) is 6.92 Å². The summed E-state index contributed by atoms with van der Waals surface area (Å²) in [5, 5.41) is 72.9. The molecule has 6 fully saturated rings. The third-order valence-corrected chi connectivity index (χ3v) is 17.4. The lowest BCUT2D eigenvalue weighted by Gasteiger charge is -2.71. The van der Waals surface area contributed by atoms with Crippen molar-refractivity contribution >= 4 is 30.0 Å². The highest BCUT2D eigenvalue weighted by Gasteiger charge is 2.71. The first-order valence-corrected chi connectivity index (χ1v) is 21.6. The smallest absolute Gasteiger partial charge is 0.335 e. The Hall–Kier alpha value is -2.87. The number of esters is 1. The molecule has 5 aliphatic carbocycles. The first-order valence-electron chi connectivity index (χ1n) is 21.6. The second-order valence-corrected chi connectivity index (χ2v) is 21.2. The lowest BCUT2D eigenvalue weighted by Crippen LogP contribution is -2.68. The number of aldehydes is 1. The van der Waals surface area contributed by atoms with E-state index in [-0.39, 0.29) is 17.6 Å². The van der Waals surface area contributed by atoms with Gasteiger partial charge in [-0.2, -0.15) is 0 Å². The highest BCUT2D eigenvalue weighted by atomic mass is 16.8. The monoisotopic (exact) mass is 864 g/mol. The van der Waals surface area contributed by atoms with E-state index >= 15 is 0 Å². The SMILES string of the molecule is CC(=O)O[C@@H]1C[C@](C)(C=O)C[C@H]2C3=CC(=O)[C@@H]4[C@@]5(C)CC[C@H](O[C@H]6O[C@H](C(=O)O)[C@@H](O)[C@H](O)[C@H]6O[C@@H]6O[C@H](C(=O)O)[C@@H](O)[C@H](O)[C@H]6O)C(C)(C)[C@@H]5CC[C@@]4(C)[C@]3(C)CC[C@@]12C. The van der Waals surface area contributed by atoms with Crippen LogP contribution in [0.25, 0.3) is 0 Å². The van der Waals surface area contributed by atoms with Gasteiger partial charge in [0.05, 0.1) is 6.10 Å². The summed E-state index contributed by atoms with van der Waals surface area (Å²) in [5.74, 6) is -4.35. The predicted octanol–water partition coefficient (Wildman–Crippen LogP) is 1.90. The molecule has 2 aliphatic heterocycles. The Kier molecular flexibility index (Phi) is 11.6. The third-order valence-electron chi connectivity index (χ3n) is 17.4. The molecule has 7 rings (SSSR count). The molecule has 0 amide bonds. The van der Waals surface area contributed by atoms with Crippen LogP contribution in [0.5, 0.6) is 0 Å². The highest BCUT2D eigenvalue weighted by molar-refractivity contribution is 5.95. The van der Waals surface area contributed by atoms with Crippen molar-refractivity contribution in [3.63, 3.8) is 0 Å². The van der Waals surface area contributed by atoms with E-state index in [0.717, 1.165) is 24.7 Å². The van der Waals surface area contributed by atoms with Crippen LogP contribution in [0.3, 0.4) is 0 Å². The van der Waals surface area contributed by atoms with Crippen LogP contribution in [0.15, 0.2) is 11.6 Å². The molecule has 61 heavy (non-hydrogen) atoms. The molecule has 0 unspecified atom stereocenters. The molecule has 4 saturated carbocycles. The van der Waals surface area contributed by atoms with Crippen molar-refractivity contribution in [3.8, 4) is 0 Å². The first kappa shape index (κ1) is 46.1. The first-order chi connectivity index (χ1) is 28.2. The lowest BCUT2D eigenvalue weighted by atomic mass is 9.33. The largest absolute Gasteiger partial charge is 0.479 e. The van der Waals surface area contributed by atoms with Crippen molar-refractivity contribution in [3.05, 3.63) is 11.6 Å². The third kappa shape index (κ3) is 6.94. The number of carboxylic acids is 2. The second kappa shape index (κ2) is 15.4. The average Bonchev–Trinajstić information content (AvgIpc) is 3.16. The molecule has 7 N–H and O–H groups in total. The number of allylic oxidation sites excluding steroid dienone is 2. The molecule has 0 aromatic carbocycles. The number of carbonyl (C=O) groups excluding carboxylic acids is 3. The number of aliphatic hydroxyl groups is 5. The number of hydrogen-bond acceptors (Lipinski definition) is 15. The molecule has 342 valence electrons. The number of hydrogen-bond donors (Lipinski definition) is 7. The van der Waals surface area contributed by atoms with E-state index in [4.69, 9.17) is 23.7 Å². The van der Waals surface area contributed by atoms with E-state index in [1.54, 1.807) is 0 Å². The van der Waals surface area contributed by atoms with Gasteiger partial charge in [-0.25, -0.2) is 9.59 Å². The maximum atomic E-state index is 15.0. The van der Waals surface area contributed by atoms with Crippen molar-refractivity contribution in [2.75, 3.05) is 0 Å². The van der Waals surface area contributed by atoms with Crippen molar-refractivity contribution in [2.24, 2.45) is 50.2 Å². The molecule has 7 aliphatic rings. The van der Waals surface area contributed by atoms with Crippen LogP contribution in [0.2, 0.25) is 0 Å². The molecule has 2 heterocycles. The van der Waals surface area contributed by atoms with Crippen LogP contribution in [0.1, 0.15) is 107 Å². The molecular formula is C44H64O17. The van der Waals surface area contributed by atoms with Crippen molar-refractivity contribution in [2.45, 2.75) is 180 Å². The fourth-order valence-electron chi connectivity index (χ4n) is 13.8. The number of aliphatic hydroxyl groups excluding tert-OH is 5. The van der Waals surface area contributed by atoms with Gasteiger partial charge in [0.25, 0.3) is 0 Å². The van der Waals surface area contributed by atoms with Gasteiger partial charge in [-0.05, 0) is 90.9 Å². The Balaban J connectivity index is 1.18. The number of fused-ring (bicyclic) bond motifs is 7. The van der Waals surface area contributed by atoms with Gasteiger partial charge in [-0.3, -0.25) is 9.59 Å². The van der Waals surface area contributed by atoms with Crippen LogP contribution in [-0.4, -0.2) is 139 Å². The Labute approximate surface area is 355 Å². The number of ketones is 1. The van der Waals surface area contributed by atoms with E-state index in [0.29, 0.717) is 38.5 Å². The van der Waals surface area contributed by atoms with Crippen LogP contribution in [0, 0.1) is 50.2 Å². The standard InChI is InChI=1S/C44H64O17/c1-19(46)57-25-17-40(4,18-45)16-21-20-15-22(47)34-42(6)11-10-24(39(2,3)23(42)9-12-44(34,8)43(20,7)14-13-41(21,25)5)58-38-33(29(51)28(50)32(60-38)36(55)56)61-37-30(52)26(48)27(49)31(59-37)35(53)54/h15,18,21,23-34,37-38,48-52H,9-14,16-17H2,1-8H3,(H,53,54)(H,55,56)/t21-,23-,24-,25+,26-,27-,28-,29-,30+,31-,32-,33+,34+,37-,38-,40+,41+,42-,43+,44+/m0/s1. The lowest BCUT2D eigenvalue weighted by molar-refractivity contribution is -0.371. The van der Waals surface area contributed by atoms with Crippen LogP contribution >= 0.6 is 0 Å². The fourth-order valence-corrected chi connectivity index (χ4v) is 13.8. The minimum atomic E-state index is -2.06. The highest BCUT2D eigenvalue weighted by Crippen LogP contribution is 2.75. The van der Waals surface area contributed by atoms with Gasteiger partial charge in [0.1, 0.15) is 49.0 Å². The van der Waals surface area contributed by atoms with Crippen LogP contribution < -0.4 is 0 Å². The number of carbonyl (C=O) groups is 5. The van der Waals surface area contributed by atoms with Gasteiger partial charge >= 0.3 is 17.9 Å². The van der Waals surface area contributed by atoms with Gasteiger partial charge in [-0.15, -0.1) is 0 Å². The maximum Gasteiger partial charge on any atom is 0.335 e. The van der Waals surface area contributed by atoms with Gasteiger partial charge in [0, 0.05) is 23.7 Å². The molecule has 17 nitrogen and oxygen atoms in total. The molecule has 0 aromatic rings. The summed E-state index contributed by atoms with van der Waals surface area (Å²) in [6.45, 7) is 16.1. The summed E-state index contributed by atoms with van der Waals surface area (Å²) >= 11 is 0. The summed E-state index contributed by atoms with van der Waals surface area (Å²) in [6.07, 6.45) is -13.3. The number of rotatable bonds is 8. The molecule has 2 saturated heterocycles. The maximum absolute atomic E-state index is 15.0. The van der Waals surface area contributed by atoms with Crippen LogP contribution in [0.4, 0.5) is 0 Å². The van der Waals surface area contributed by atoms with Gasteiger partial charge in [0.2, 0.25) is 0 Å². The minimum absolute atomic E-state index is 0.0208. The molecule has 0 bridgehead atoms. The van der Waals surface area contributed by atoms with Gasteiger partial charge in [0.15, 0.2) is 30.6 Å². The van der Waals surface area contributed by atoms with E-state index in [2.05, 4.69) is 27.7 Å². The van der Waals surface area contributed by atoms with Crippen LogP contribution in [-0.2, 0) is 47.7 Å². The molecule has 0 aromatic heterocycles. The van der Waals surface area contributed by atoms with Gasteiger partial charge < -0.3 is 64.2 Å². The predicted molar refractivity (Wildman–Crippen MR) is 209 cm³/mol. The number of aliphatic carboxylic acids is 2. The second-order valence-electron chi connectivity index (χ2n) is 21.2. The molecule has 20 atom stereocenters. The normalized spacial score (nSPS) is 51.7. The van der Waals surface area contributed by atoms with E-state index < -0.39 is 130 Å². The molecule has 0 radical (unpaired) electrons. The van der Waals surface area contributed by atoms with Crippen molar-refractivity contribution in [1.29, 1.82) is 0 Å². The molecule has 17 heteroatoms. The fraction of sp³-hybridized carbons (Fsp3) is 0.841. The summed E-state index contributed by atoms with van der Waals surface area (Å²) < 4.78 is 29.4. The Morgan fingerprint density at radius 2 is 1.33 bits per heavy atom. The number of ether oxygens (including phenoxy) is 5. The summed E-state index contributed by atoms with van der Waals surface area (Å²) in [5.41, 5.74) is -2.34. The number of carboxylic acid groups (broad SMARTS) is 2. The summed E-state index contributed by atoms with van der Waals surface area (Å²) in [4.78, 5) is 64.0. The molecule has 0 spiro atoms. The van der Waals surface area contributed by atoms with Gasteiger partial charge in [-0.1, -0.05) is 54.0 Å². The zero-order valence-electron chi connectivity index (χ0n) is 36.2. The zero-order chi connectivity index (χ0) is 45.2. The van der Waals surface area contributed by atoms with Crippen molar-refractivity contribution in [1.82, 2.24) is 0 Å². The quantitative estimate of drug-likeness (QED) is 0.104. The van der Waals surface area contributed by atoms with E-state index in [9.17, 15) is 59.7 Å². The topological polar surface area (TPSA) is 273 Å². The minimum Gasteiger partial charge on any atom is -0.479 e.